The van der Waals surface area contributed by atoms with Gasteiger partial charge < -0.3 is 5.32 Å². The van der Waals surface area contributed by atoms with Crippen LogP contribution in [0.25, 0.3) is 0 Å². The second kappa shape index (κ2) is 7.99. The van der Waals surface area contributed by atoms with Crippen LogP contribution in [0, 0.1) is 11.8 Å². The molecule has 2 unspecified atom stereocenters. The zero-order valence-corrected chi connectivity index (χ0v) is 12.0. The standard InChI is InChI=1S/C17H31N/c1-2-3-4-5-6-9-15-10-7-8-11-16(15)14-18-17-12-13-17/h2,15-18H,1,3-14H2. The van der Waals surface area contributed by atoms with E-state index in [1.807, 2.05) is 0 Å². The first-order valence-electron chi connectivity index (χ1n) is 8.24. The summed E-state index contributed by atoms with van der Waals surface area (Å²) in [7, 11) is 0. The lowest BCUT2D eigenvalue weighted by Gasteiger charge is -2.32. The first kappa shape index (κ1) is 14.1. The fourth-order valence-corrected chi connectivity index (χ4v) is 3.41. The molecule has 0 aliphatic heterocycles. The molecule has 2 atom stereocenters. The van der Waals surface area contributed by atoms with Crippen LogP contribution in [-0.2, 0) is 0 Å². The molecule has 18 heavy (non-hydrogen) atoms. The predicted molar refractivity (Wildman–Crippen MR) is 79.8 cm³/mol. The summed E-state index contributed by atoms with van der Waals surface area (Å²) in [5.41, 5.74) is 0. The van der Waals surface area contributed by atoms with Crippen LogP contribution in [0.1, 0.15) is 70.6 Å². The third kappa shape index (κ3) is 5.14. The maximum atomic E-state index is 3.80. The molecule has 1 nitrogen and oxygen atoms in total. The molecule has 0 saturated heterocycles. The summed E-state index contributed by atoms with van der Waals surface area (Å²) in [5, 5.41) is 3.75. The van der Waals surface area contributed by atoms with E-state index in [2.05, 4.69) is 18.0 Å². The summed E-state index contributed by atoms with van der Waals surface area (Å²) in [6.45, 7) is 5.11. The maximum Gasteiger partial charge on any atom is 0.00683 e. The van der Waals surface area contributed by atoms with Crippen molar-refractivity contribution < 1.29 is 0 Å². The zero-order valence-electron chi connectivity index (χ0n) is 12.0. The molecule has 0 heterocycles. The molecular formula is C17H31N. The van der Waals surface area contributed by atoms with Gasteiger partial charge in [-0.3, -0.25) is 0 Å². The van der Waals surface area contributed by atoms with Crippen molar-refractivity contribution in [1.29, 1.82) is 0 Å². The van der Waals surface area contributed by atoms with Crippen LogP contribution in [0.2, 0.25) is 0 Å². The summed E-state index contributed by atoms with van der Waals surface area (Å²) in [6, 6.07) is 0.889. The number of hydrogen-bond donors (Lipinski definition) is 1. The highest BCUT2D eigenvalue weighted by Gasteiger charge is 2.27. The number of unbranched alkanes of at least 4 members (excludes halogenated alkanes) is 3. The fraction of sp³-hybridized carbons (Fsp3) is 0.882. The minimum atomic E-state index is 0.889. The number of nitrogens with one attached hydrogen (secondary N) is 1. The van der Waals surface area contributed by atoms with Crippen molar-refractivity contribution in [2.75, 3.05) is 6.54 Å². The second-order valence-corrected chi connectivity index (χ2v) is 6.41. The van der Waals surface area contributed by atoms with E-state index in [4.69, 9.17) is 0 Å². The summed E-state index contributed by atoms with van der Waals surface area (Å²) in [4.78, 5) is 0. The molecule has 2 saturated carbocycles. The summed E-state index contributed by atoms with van der Waals surface area (Å²) >= 11 is 0. The Bertz CT molecular complexity index is 232. The molecule has 2 aliphatic rings. The van der Waals surface area contributed by atoms with Gasteiger partial charge in [0.05, 0.1) is 0 Å². The van der Waals surface area contributed by atoms with Gasteiger partial charge in [-0.25, -0.2) is 0 Å². The summed E-state index contributed by atoms with van der Waals surface area (Å²) in [5.74, 6) is 2.01. The highest BCUT2D eigenvalue weighted by atomic mass is 14.9. The Hall–Kier alpha value is -0.300. The maximum absolute atomic E-state index is 3.80. The highest BCUT2D eigenvalue weighted by Crippen LogP contribution is 2.34. The van der Waals surface area contributed by atoms with Gasteiger partial charge >= 0.3 is 0 Å². The molecule has 2 aliphatic carbocycles. The lowest BCUT2D eigenvalue weighted by molar-refractivity contribution is 0.212. The molecule has 1 N–H and O–H groups in total. The van der Waals surface area contributed by atoms with Gasteiger partial charge in [-0.05, 0) is 50.5 Å². The molecule has 0 spiro atoms. The smallest absolute Gasteiger partial charge is 0.00683 e. The largest absolute Gasteiger partial charge is 0.314 e. The van der Waals surface area contributed by atoms with Crippen LogP contribution >= 0.6 is 0 Å². The van der Waals surface area contributed by atoms with Gasteiger partial charge in [0.1, 0.15) is 0 Å². The minimum Gasteiger partial charge on any atom is -0.314 e. The molecule has 0 amide bonds. The van der Waals surface area contributed by atoms with Crippen LogP contribution in [0.5, 0.6) is 0 Å². The molecule has 2 fully saturated rings. The van der Waals surface area contributed by atoms with Gasteiger partial charge in [0, 0.05) is 6.04 Å². The van der Waals surface area contributed by atoms with E-state index in [0.29, 0.717) is 0 Å². The monoisotopic (exact) mass is 249 g/mol. The lowest BCUT2D eigenvalue weighted by Crippen LogP contribution is -2.31. The van der Waals surface area contributed by atoms with Crippen LogP contribution in [-0.4, -0.2) is 12.6 Å². The number of rotatable bonds is 9. The van der Waals surface area contributed by atoms with Crippen molar-refractivity contribution in [3.05, 3.63) is 12.7 Å². The Morgan fingerprint density at radius 1 is 0.944 bits per heavy atom. The Labute approximate surface area is 113 Å². The van der Waals surface area contributed by atoms with Gasteiger partial charge in [0.15, 0.2) is 0 Å². The van der Waals surface area contributed by atoms with Gasteiger partial charge in [-0.15, -0.1) is 6.58 Å². The van der Waals surface area contributed by atoms with E-state index in [0.717, 1.165) is 17.9 Å². The van der Waals surface area contributed by atoms with Gasteiger partial charge in [-0.2, -0.15) is 0 Å². The highest BCUT2D eigenvalue weighted by molar-refractivity contribution is 4.84. The molecule has 0 radical (unpaired) electrons. The predicted octanol–water partition coefficient (Wildman–Crippen LogP) is 4.68. The normalized spacial score (nSPS) is 28.2. The lowest BCUT2D eigenvalue weighted by atomic mass is 9.76. The van der Waals surface area contributed by atoms with Crippen molar-refractivity contribution in [1.82, 2.24) is 5.32 Å². The quantitative estimate of drug-likeness (QED) is 0.462. The summed E-state index contributed by atoms with van der Waals surface area (Å²) < 4.78 is 0. The van der Waals surface area contributed by atoms with Crippen LogP contribution in [0.3, 0.4) is 0 Å². The van der Waals surface area contributed by atoms with Gasteiger partial charge in [-0.1, -0.05) is 44.6 Å². The number of allylic oxidation sites excluding steroid dienone is 1. The summed E-state index contributed by atoms with van der Waals surface area (Å²) in [6.07, 6.45) is 17.7. The minimum absolute atomic E-state index is 0.889. The van der Waals surface area contributed by atoms with Gasteiger partial charge in [0.2, 0.25) is 0 Å². The topological polar surface area (TPSA) is 12.0 Å². The Balaban J connectivity index is 1.60. The average molecular weight is 249 g/mol. The molecule has 0 aromatic rings. The van der Waals surface area contributed by atoms with Crippen molar-refractivity contribution in [3.63, 3.8) is 0 Å². The first-order chi connectivity index (χ1) is 8.90. The third-order valence-corrected chi connectivity index (χ3v) is 4.80. The van der Waals surface area contributed by atoms with Gasteiger partial charge in [0.25, 0.3) is 0 Å². The van der Waals surface area contributed by atoms with E-state index in [1.54, 1.807) is 0 Å². The average Bonchev–Trinajstić information content (AvgIpc) is 3.21. The molecular weight excluding hydrogens is 218 g/mol. The van der Waals surface area contributed by atoms with Crippen molar-refractivity contribution >= 4 is 0 Å². The molecule has 1 heteroatoms. The molecule has 0 aromatic heterocycles. The first-order valence-corrected chi connectivity index (χ1v) is 8.24. The van der Waals surface area contributed by atoms with E-state index < -0.39 is 0 Å². The second-order valence-electron chi connectivity index (χ2n) is 6.41. The van der Waals surface area contributed by atoms with Crippen LogP contribution < -0.4 is 5.32 Å². The van der Waals surface area contributed by atoms with E-state index in [1.165, 1.54) is 77.2 Å². The van der Waals surface area contributed by atoms with Crippen molar-refractivity contribution in [3.8, 4) is 0 Å². The SMILES string of the molecule is C=CCCCCCC1CCCCC1CNC1CC1. The molecule has 0 bridgehead atoms. The van der Waals surface area contributed by atoms with Crippen molar-refractivity contribution in [2.45, 2.75) is 76.7 Å². The fourth-order valence-electron chi connectivity index (χ4n) is 3.41. The Morgan fingerprint density at radius 3 is 2.44 bits per heavy atom. The van der Waals surface area contributed by atoms with Crippen LogP contribution in [0.4, 0.5) is 0 Å². The third-order valence-electron chi connectivity index (χ3n) is 4.80. The zero-order chi connectivity index (χ0) is 12.6. The number of hydrogen-bond acceptors (Lipinski definition) is 1. The Morgan fingerprint density at radius 2 is 1.72 bits per heavy atom. The molecule has 0 aromatic carbocycles. The Kier molecular flexibility index (Phi) is 6.26. The van der Waals surface area contributed by atoms with E-state index in [9.17, 15) is 0 Å². The molecule has 104 valence electrons. The van der Waals surface area contributed by atoms with Crippen molar-refractivity contribution in [2.24, 2.45) is 11.8 Å². The van der Waals surface area contributed by atoms with E-state index >= 15 is 0 Å². The van der Waals surface area contributed by atoms with E-state index in [-0.39, 0.29) is 0 Å². The molecule has 2 rings (SSSR count). The van der Waals surface area contributed by atoms with Crippen LogP contribution in [0.15, 0.2) is 12.7 Å².